The van der Waals surface area contributed by atoms with E-state index in [9.17, 15) is 9.90 Å². The van der Waals surface area contributed by atoms with Gasteiger partial charge in [0.1, 0.15) is 0 Å². The van der Waals surface area contributed by atoms with Gasteiger partial charge in [-0.15, -0.1) is 0 Å². The minimum absolute atomic E-state index is 0.155. The molecule has 146 valence electrons. The molecule has 2 rings (SSSR count). The number of methoxy groups -OCH3 is 2. The first-order valence-corrected chi connectivity index (χ1v) is 9.05. The Kier molecular flexibility index (Phi) is 7.11. The summed E-state index contributed by atoms with van der Waals surface area (Å²) in [6.07, 6.45) is 1.77. The van der Waals surface area contributed by atoms with E-state index in [-0.39, 0.29) is 11.7 Å². The lowest BCUT2D eigenvalue weighted by atomic mass is 9.85. The molecular formula is C22H28O5. The predicted octanol–water partition coefficient (Wildman–Crippen LogP) is 4.39. The van der Waals surface area contributed by atoms with E-state index in [0.29, 0.717) is 29.1 Å². The first-order valence-electron chi connectivity index (χ1n) is 9.05. The third kappa shape index (κ3) is 5.64. The van der Waals surface area contributed by atoms with Gasteiger partial charge in [-0.1, -0.05) is 26.0 Å². The normalized spacial score (nSPS) is 12.9. The molecule has 0 bridgehead atoms. The Morgan fingerprint density at radius 3 is 1.93 bits per heavy atom. The van der Waals surface area contributed by atoms with Gasteiger partial charge >= 0.3 is 5.97 Å². The van der Waals surface area contributed by atoms with Crippen LogP contribution in [0.1, 0.15) is 31.9 Å². The van der Waals surface area contributed by atoms with Gasteiger partial charge in [0, 0.05) is 6.92 Å². The molecule has 0 aliphatic heterocycles. The van der Waals surface area contributed by atoms with Crippen LogP contribution in [0.25, 0.3) is 0 Å². The Balaban J connectivity index is 2.05. The monoisotopic (exact) mass is 372 g/mol. The number of phenolic OH excluding ortho intramolecular Hbond substituents is 1. The number of rotatable bonds is 8. The van der Waals surface area contributed by atoms with E-state index in [1.165, 1.54) is 6.92 Å². The van der Waals surface area contributed by atoms with E-state index in [1.54, 1.807) is 26.4 Å². The molecular weight excluding hydrogens is 344 g/mol. The van der Waals surface area contributed by atoms with Gasteiger partial charge < -0.3 is 19.3 Å². The van der Waals surface area contributed by atoms with Crippen molar-refractivity contribution in [1.29, 1.82) is 0 Å². The largest absolute Gasteiger partial charge is 0.504 e. The van der Waals surface area contributed by atoms with Crippen LogP contribution in [0, 0.1) is 11.8 Å². The molecule has 2 unspecified atom stereocenters. The molecule has 0 aliphatic rings. The molecule has 1 N–H and O–H groups in total. The van der Waals surface area contributed by atoms with Crippen molar-refractivity contribution in [2.24, 2.45) is 11.8 Å². The molecule has 27 heavy (non-hydrogen) atoms. The molecule has 0 saturated heterocycles. The number of esters is 1. The molecule has 2 atom stereocenters. The van der Waals surface area contributed by atoms with Gasteiger partial charge in [-0.05, 0) is 60.1 Å². The van der Waals surface area contributed by atoms with Crippen LogP contribution in [0.3, 0.4) is 0 Å². The predicted molar refractivity (Wildman–Crippen MR) is 105 cm³/mol. The Morgan fingerprint density at radius 1 is 0.889 bits per heavy atom. The first-order chi connectivity index (χ1) is 12.8. The highest BCUT2D eigenvalue weighted by Gasteiger charge is 2.16. The van der Waals surface area contributed by atoms with Gasteiger partial charge in [0.15, 0.2) is 23.0 Å². The third-order valence-electron chi connectivity index (χ3n) is 4.81. The summed E-state index contributed by atoms with van der Waals surface area (Å²) >= 11 is 0. The van der Waals surface area contributed by atoms with Crippen LogP contribution in [-0.2, 0) is 17.6 Å². The van der Waals surface area contributed by atoms with Crippen LogP contribution in [-0.4, -0.2) is 25.3 Å². The minimum Gasteiger partial charge on any atom is -0.504 e. The summed E-state index contributed by atoms with van der Waals surface area (Å²) in [5, 5.41) is 9.73. The standard InChI is InChI=1S/C22H28O5/c1-14(10-17-6-8-19(24)21(12-17)25-4)15(2)11-18-7-9-20(27-16(3)23)22(13-18)26-5/h6-9,12-15,24H,10-11H2,1-5H3. The Hall–Kier alpha value is -2.69. The lowest BCUT2D eigenvalue weighted by Crippen LogP contribution is -2.14. The zero-order chi connectivity index (χ0) is 20.0. The van der Waals surface area contributed by atoms with Crippen molar-refractivity contribution in [3.05, 3.63) is 47.5 Å². The summed E-state index contributed by atoms with van der Waals surface area (Å²) in [6.45, 7) is 5.80. The van der Waals surface area contributed by atoms with E-state index in [4.69, 9.17) is 14.2 Å². The van der Waals surface area contributed by atoms with Crippen molar-refractivity contribution < 1.29 is 24.1 Å². The van der Waals surface area contributed by atoms with Crippen LogP contribution in [0.5, 0.6) is 23.0 Å². The van der Waals surface area contributed by atoms with Gasteiger partial charge in [0.25, 0.3) is 0 Å². The van der Waals surface area contributed by atoms with Crippen molar-refractivity contribution in [2.45, 2.75) is 33.6 Å². The number of ether oxygens (including phenoxy) is 3. The molecule has 5 nitrogen and oxygen atoms in total. The number of phenols is 1. The van der Waals surface area contributed by atoms with Crippen LogP contribution in [0.2, 0.25) is 0 Å². The molecule has 0 spiro atoms. The topological polar surface area (TPSA) is 65.0 Å². The lowest BCUT2D eigenvalue weighted by molar-refractivity contribution is -0.132. The highest BCUT2D eigenvalue weighted by Crippen LogP contribution is 2.31. The summed E-state index contributed by atoms with van der Waals surface area (Å²) in [6, 6.07) is 11.1. The maximum absolute atomic E-state index is 11.2. The Labute approximate surface area is 160 Å². The number of aromatic hydroxyl groups is 1. The second-order valence-corrected chi connectivity index (χ2v) is 6.95. The van der Waals surface area contributed by atoms with Gasteiger partial charge in [-0.25, -0.2) is 0 Å². The molecule has 2 aromatic rings. The SMILES string of the molecule is COc1cc(CC(C)C(C)Cc2ccc(OC(C)=O)c(OC)c2)ccc1O. The zero-order valence-corrected chi connectivity index (χ0v) is 16.6. The van der Waals surface area contributed by atoms with Crippen molar-refractivity contribution in [1.82, 2.24) is 0 Å². The average molecular weight is 372 g/mol. The van der Waals surface area contributed by atoms with Crippen LogP contribution in [0.4, 0.5) is 0 Å². The number of carbonyl (C=O) groups excluding carboxylic acids is 1. The second kappa shape index (κ2) is 9.31. The molecule has 2 aromatic carbocycles. The molecule has 0 saturated carbocycles. The summed E-state index contributed by atoms with van der Waals surface area (Å²) in [5.74, 6) is 2.14. The fourth-order valence-electron chi connectivity index (χ4n) is 3.07. The highest BCUT2D eigenvalue weighted by atomic mass is 16.6. The van der Waals surface area contributed by atoms with Gasteiger partial charge in [0.05, 0.1) is 14.2 Å². The number of hydrogen-bond donors (Lipinski definition) is 1. The Bertz CT molecular complexity index is 784. The number of hydrogen-bond acceptors (Lipinski definition) is 5. The molecule has 0 heterocycles. The van der Waals surface area contributed by atoms with E-state index in [0.717, 1.165) is 24.0 Å². The van der Waals surface area contributed by atoms with E-state index >= 15 is 0 Å². The van der Waals surface area contributed by atoms with Crippen LogP contribution >= 0.6 is 0 Å². The number of carbonyl (C=O) groups is 1. The smallest absolute Gasteiger partial charge is 0.308 e. The van der Waals surface area contributed by atoms with E-state index in [1.807, 2.05) is 24.3 Å². The van der Waals surface area contributed by atoms with Crippen molar-refractivity contribution >= 4 is 5.97 Å². The minimum atomic E-state index is -0.368. The summed E-state index contributed by atoms with van der Waals surface area (Å²) < 4.78 is 15.7. The lowest BCUT2D eigenvalue weighted by Gasteiger charge is -2.21. The Morgan fingerprint density at radius 2 is 1.41 bits per heavy atom. The van der Waals surface area contributed by atoms with Crippen molar-refractivity contribution in [3.8, 4) is 23.0 Å². The van der Waals surface area contributed by atoms with Gasteiger partial charge in [-0.3, -0.25) is 4.79 Å². The molecule has 0 aromatic heterocycles. The van der Waals surface area contributed by atoms with Gasteiger partial charge in [0.2, 0.25) is 0 Å². The summed E-state index contributed by atoms with van der Waals surface area (Å²) in [7, 11) is 3.12. The summed E-state index contributed by atoms with van der Waals surface area (Å²) in [5.41, 5.74) is 2.26. The highest BCUT2D eigenvalue weighted by molar-refractivity contribution is 5.70. The molecule has 0 radical (unpaired) electrons. The summed E-state index contributed by atoms with van der Waals surface area (Å²) in [4.78, 5) is 11.2. The van der Waals surface area contributed by atoms with Gasteiger partial charge in [-0.2, -0.15) is 0 Å². The third-order valence-corrected chi connectivity index (χ3v) is 4.81. The molecule has 0 aliphatic carbocycles. The second-order valence-electron chi connectivity index (χ2n) is 6.95. The maximum Gasteiger partial charge on any atom is 0.308 e. The zero-order valence-electron chi connectivity index (χ0n) is 16.6. The van der Waals surface area contributed by atoms with Crippen LogP contribution < -0.4 is 14.2 Å². The first kappa shape index (κ1) is 20.6. The maximum atomic E-state index is 11.2. The van der Waals surface area contributed by atoms with Crippen LogP contribution in [0.15, 0.2) is 36.4 Å². The number of benzene rings is 2. The van der Waals surface area contributed by atoms with E-state index < -0.39 is 0 Å². The molecule has 5 heteroatoms. The fourth-order valence-corrected chi connectivity index (χ4v) is 3.07. The molecule has 0 amide bonds. The fraction of sp³-hybridized carbons (Fsp3) is 0.409. The van der Waals surface area contributed by atoms with E-state index in [2.05, 4.69) is 13.8 Å². The average Bonchev–Trinajstić information content (AvgIpc) is 2.63. The molecule has 0 fully saturated rings. The van der Waals surface area contributed by atoms with Crippen molar-refractivity contribution in [3.63, 3.8) is 0 Å². The van der Waals surface area contributed by atoms with Crippen molar-refractivity contribution in [2.75, 3.05) is 14.2 Å². The quantitative estimate of drug-likeness (QED) is 0.550.